The van der Waals surface area contributed by atoms with Crippen LogP contribution in [0.25, 0.3) is 0 Å². The average Bonchev–Trinajstić information content (AvgIpc) is 2.40. The molecule has 0 atom stereocenters. The number of ether oxygens (including phenoxy) is 1. The summed E-state index contributed by atoms with van der Waals surface area (Å²) in [6.45, 7) is 0.317. The molecule has 0 amide bonds. The van der Waals surface area contributed by atoms with Crippen LogP contribution in [0.5, 0.6) is 5.75 Å². The van der Waals surface area contributed by atoms with Gasteiger partial charge in [-0.05, 0) is 5.56 Å². The van der Waals surface area contributed by atoms with E-state index in [-0.39, 0.29) is 16.4 Å². The zero-order valence-electron chi connectivity index (χ0n) is 9.88. The molecule has 2 rings (SSSR count). The van der Waals surface area contributed by atoms with Crippen LogP contribution in [-0.2, 0) is 6.61 Å². The molecule has 19 heavy (non-hydrogen) atoms. The van der Waals surface area contributed by atoms with Crippen LogP contribution in [0, 0.1) is 10.1 Å². The van der Waals surface area contributed by atoms with Crippen LogP contribution in [0.2, 0.25) is 5.02 Å². The van der Waals surface area contributed by atoms with Crippen LogP contribution < -0.4 is 10.5 Å². The number of nitrogens with zero attached hydrogens (tertiary/aromatic N) is 1. The van der Waals surface area contributed by atoms with Crippen molar-refractivity contribution in [2.75, 3.05) is 5.73 Å². The highest BCUT2D eigenvalue weighted by molar-refractivity contribution is 6.32. The van der Waals surface area contributed by atoms with Crippen LogP contribution in [-0.4, -0.2) is 4.92 Å². The summed E-state index contributed by atoms with van der Waals surface area (Å²) in [5.74, 6) is 0.327. The summed E-state index contributed by atoms with van der Waals surface area (Å²) in [6.07, 6.45) is 0. The summed E-state index contributed by atoms with van der Waals surface area (Å²) in [6, 6.07) is 12.1. The third-order valence-electron chi connectivity index (χ3n) is 2.52. The van der Waals surface area contributed by atoms with E-state index < -0.39 is 4.92 Å². The number of nitrogens with two attached hydrogens (primary N) is 1. The summed E-state index contributed by atoms with van der Waals surface area (Å²) in [7, 11) is 0. The maximum absolute atomic E-state index is 10.7. The molecule has 0 heterocycles. The molecule has 0 aliphatic heterocycles. The van der Waals surface area contributed by atoms with Crippen molar-refractivity contribution in [1.82, 2.24) is 0 Å². The second-order valence-electron chi connectivity index (χ2n) is 3.87. The maximum Gasteiger partial charge on any atom is 0.293 e. The molecular weight excluding hydrogens is 268 g/mol. The summed E-state index contributed by atoms with van der Waals surface area (Å²) >= 11 is 5.93. The van der Waals surface area contributed by atoms with Crippen molar-refractivity contribution in [2.24, 2.45) is 0 Å². The normalized spacial score (nSPS) is 10.2. The van der Waals surface area contributed by atoms with E-state index in [1.54, 1.807) is 0 Å². The first-order valence-electron chi connectivity index (χ1n) is 5.48. The molecule has 0 aromatic heterocycles. The number of nitrogen functional groups attached to an aromatic ring is 1. The zero-order chi connectivity index (χ0) is 13.8. The van der Waals surface area contributed by atoms with Gasteiger partial charge in [-0.3, -0.25) is 10.1 Å². The lowest BCUT2D eigenvalue weighted by molar-refractivity contribution is -0.383. The van der Waals surface area contributed by atoms with Crippen molar-refractivity contribution in [3.05, 3.63) is 63.2 Å². The number of hydrogen-bond donors (Lipinski definition) is 1. The number of halogens is 1. The lowest BCUT2D eigenvalue weighted by Gasteiger charge is -2.09. The molecule has 0 saturated carbocycles. The predicted octanol–water partition coefficient (Wildman–Crippen LogP) is 3.41. The number of hydrogen-bond acceptors (Lipinski definition) is 4. The van der Waals surface area contributed by atoms with Gasteiger partial charge in [0.05, 0.1) is 9.95 Å². The Hall–Kier alpha value is -2.27. The molecule has 5 nitrogen and oxygen atoms in total. The minimum Gasteiger partial charge on any atom is -0.487 e. The molecule has 6 heteroatoms. The third kappa shape index (κ3) is 3.14. The van der Waals surface area contributed by atoms with E-state index in [2.05, 4.69) is 0 Å². The average molecular weight is 279 g/mol. The molecule has 2 aromatic carbocycles. The molecule has 0 saturated heterocycles. The second kappa shape index (κ2) is 5.58. The zero-order valence-corrected chi connectivity index (χ0v) is 10.6. The fourth-order valence-electron chi connectivity index (χ4n) is 1.56. The molecule has 2 aromatic rings. The fraction of sp³-hybridized carbons (Fsp3) is 0.0769. The quantitative estimate of drug-likeness (QED) is 0.528. The Bertz CT molecular complexity index is 602. The highest BCUT2D eigenvalue weighted by atomic mass is 35.5. The van der Waals surface area contributed by atoms with E-state index in [1.165, 1.54) is 12.1 Å². The molecule has 0 aliphatic carbocycles. The smallest absolute Gasteiger partial charge is 0.293 e. The number of rotatable bonds is 4. The Morgan fingerprint density at radius 2 is 1.95 bits per heavy atom. The summed E-state index contributed by atoms with van der Waals surface area (Å²) in [5.41, 5.74) is 6.35. The first-order chi connectivity index (χ1) is 9.08. The Morgan fingerprint density at radius 3 is 2.58 bits per heavy atom. The van der Waals surface area contributed by atoms with Gasteiger partial charge in [0.25, 0.3) is 5.69 Å². The Balaban J connectivity index is 2.17. The van der Waals surface area contributed by atoms with E-state index in [1.807, 2.05) is 30.3 Å². The Kier molecular flexibility index (Phi) is 3.87. The molecule has 0 aliphatic rings. The molecule has 0 unspecified atom stereocenters. The van der Waals surface area contributed by atoms with E-state index in [9.17, 15) is 10.1 Å². The number of benzene rings is 2. The van der Waals surface area contributed by atoms with Gasteiger partial charge in [-0.2, -0.15) is 0 Å². The number of anilines is 1. The molecule has 0 spiro atoms. The van der Waals surface area contributed by atoms with Crippen molar-refractivity contribution in [3.63, 3.8) is 0 Å². The van der Waals surface area contributed by atoms with Crippen molar-refractivity contribution < 1.29 is 9.66 Å². The summed E-state index contributed by atoms with van der Waals surface area (Å²) in [4.78, 5) is 10.1. The second-order valence-corrected chi connectivity index (χ2v) is 4.28. The van der Waals surface area contributed by atoms with Crippen molar-refractivity contribution in [3.8, 4) is 5.75 Å². The van der Waals surface area contributed by atoms with Gasteiger partial charge in [0, 0.05) is 12.1 Å². The van der Waals surface area contributed by atoms with Gasteiger partial charge < -0.3 is 10.5 Å². The van der Waals surface area contributed by atoms with Crippen molar-refractivity contribution in [2.45, 2.75) is 6.61 Å². The molecule has 98 valence electrons. The van der Waals surface area contributed by atoms with Gasteiger partial charge in [0.15, 0.2) is 0 Å². The van der Waals surface area contributed by atoms with Crippen molar-refractivity contribution >= 4 is 23.0 Å². The number of nitro groups is 1. The summed E-state index contributed by atoms with van der Waals surface area (Å²) < 4.78 is 5.50. The fourth-order valence-corrected chi connectivity index (χ4v) is 1.78. The highest BCUT2D eigenvalue weighted by Crippen LogP contribution is 2.34. The van der Waals surface area contributed by atoms with Gasteiger partial charge in [-0.1, -0.05) is 41.9 Å². The molecule has 0 radical (unpaired) electrons. The van der Waals surface area contributed by atoms with Crippen LogP contribution in [0.1, 0.15) is 5.56 Å². The molecule has 0 fully saturated rings. The van der Waals surface area contributed by atoms with Crippen LogP contribution in [0.15, 0.2) is 42.5 Å². The van der Waals surface area contributed by atoms with E-state index >= 15 is 0 Å². The SMILES string of the molecule is Nc1cc(OCc2ccccc2)c(Cl)cc1[N+](=O)[O-]. The highest BCUT2D eigenvalue weighted by Gasteiger charge is 2.16. The molecular formula is C13H11ClN2O3. The van der Waals surface area contributed by atoms with Crippen molar-refractivity contribution in [1.29, 1.82) is 0 Å². The predicted molar refractivity (Wildman–Crippen MR) is 73.3 cm³/mol. The van der Waals surface area contributed by atoms with E-state index in [4.69, 9.17) is 22.1 Å². The van der Waals surface area contributed by atoms with Gasteiger partial charge in [-0.15, -0.1) is 0 Å². The van der Waals surface area contributed by atoms with E-state index in [0.29, 0.717) is 12.4 Å². The van der Waals surface area contributed by atoms with Crippen LogP contribution in [0.3, 0.4) is 0 Å². The minimum atomic E-state index is -0.581. The van der Waals surface area contributed by atoms with Gasteiger partial charge in [0.1, 0.15) is 18.0 Å². The Labute approximate surface area is 114 Å². The largest absolute Gasteiger partial charge is 0.487 e. The first kappa shape index (κ1) is 13.2. The van der Waals surface area contributed by atoms with E-state index in [0.717, 1.165) is 5.56 Å². The number of nitro benzene ring substituents is 1. The first-order valence-corrected chi connectivity index (χ1v) is 5.86. The lowest BCUT2D eigenvalue weighted by Crippen LogP contribution is -1.99. The minimum absolute atomic E-state index is 0.0254. The maximum atomic E-state index is 10.7. The molecule has 2 N–H and O–H groups in total. The van der Waals surface area contributed by atoms with Gasteiger partial charge in [-0.25, -0.2) is 0 Å². The van der Waals surface area contributed by atoms with Gasteiger partial charge in [0.2, 0.25) is 0 Å². The van der Waals surface area contributed by atoms with Gasteiger partial charge >= 0.3 is 0 Å². The lowest BCUT2D eigenvalue weighted by atomic mass is 10.2. The summed E-state index contributed by atoms with van der Waals surface area (Å²) in [5, 5.41) is 10.9. The standard InChI is InChI=1S/C13H11ClN2O3/c14-10-6-12(16(17)18)11(15)7-13(10)19-8-9-4-2-1-3-5-9/h1-7H,8,15H2. The molecule has 0 bridgehead atoms. The monoisotopic (exact) mass is 278 g/mol. The van der Waals surface area contributed by atoms with Crippen LogP contribution in [0.4, 0.5) is 11.4 Å². The van der Waals surface area contributed by atoms with Crippen LogP contribution >= 0.6 is 11.6 Å². The third-order valence-corrected chi connectivity index (χ3v) is 2.81. The topological polar surface area (TPSA) is 78.4 Å². The Morgan fingerprint density at radius 1 is 1.26 bits per heavy atom.